The van der Waals surface area contributed by atoms with Crippen molar-refractivity contribution in [3.05, 3.63) is 69.8 Å². The number of thiophene rings is 1. The third kappa shape index (κ3) is 2.70. The van der Waals surface area contributed by atoms with E-state index in [1.807, 2.05) is 12.1 Å². The summed E-state index contributed by atoms with van der Waals surface area (Å²) in [5.74, 6) is 5.57. The minimum absolute atomic E-state index is 0.0777. The van der Waals surface area contributed by atoms with Crippen LogP contribution in [0.5, 0.6) is 0 Å². The molecule has 2 aromatic carbocycles. The SMILES string of the molecule is Cc1ccc(C(NN)c2cc3cc(F)ccc3s2)c(C)c1. The zero-order valence-corrected chi connectivity index (χ0v) is 12.8. The van der Waals surface area contributed by atoms with Crippen molar-refractivity contribution in [3.63, 3.8) is 0 Å². The Hall–Kier alpha value is -1.75. The van der Waals surface area contributed by atoms with E-state index in [2.05, 4.69) is 37.5 Å². The molecule has 1 aromatic heterocycles. The van der Waals surface area contributed by atoms with Crippen molar-refractivity contribution in [2.24, 2.45) is 5.84 Å². The number of hydrogen-bond donors (Lipinski definition) is 2. The molecule has 0 aliphatic rings. The van der Waals surface area contributed by atoms with Crippen LogP contribution < -0.4 is 11.3 Å². The van der Waals surface area contributed by atoms with E-state index in [9.17, 15) is 4.39 Å². The van der Waals surface area contributed by atoms with E-state index in [1.54, 1.807) is 17.4 Å². The largest absolute Gasteiger partial charge is 0.271 e. The molecule has 3 rings (SSSR count). The van der Waals surface area contributed by atoms with Gasteiger partial charge < -0.3 is 0 Å². The molecule has 0 amide bonds. The second-order valence-electron chi connectivity index (χ2n) is 5.29. The average Bonchev–Trinajstić information content (AvgIpc) is 2.84. The monoisotopic (exact) mass is 300 g/mol. The minimum atomic E-state index is -0.212. The predicted octanol–water partition coefficient (Wildman–Crippen LogP) is 4.21. The quantitative estimate of drug-likeness (QED) is 0.561. The number of aryl methyl sites for hydroxylation is 2. The fourth-order valence-corrected chi connectivity index (χ4v) is 3.78. The molecule has 3 aromatic rings. The van der Waals surface area contributed by atoms with Gasteiger partial charge in [0.2, 0.25) is 0 Å². The first-order chi connectivity index (χ1) is 10.1. The van der Waals surface area contributed by atoms with Crippen LogP contribution in [0.25, 0.3) is 10.1 Å². The van der Waals surface area contributed by atoms with Gasteiger partial charge in [0.05, 0.1) is 6.04 Å². The summed E-state index contributed by atoms with van der Waals surface area (Å²) in [6.07, 6.45) is 0. The first-order valence-corrected chi connectivity index (χ1v) is 7.62. The third-order valence-electron chi connectivity index (χ3n) is 3.68. The number of nitrogens with two attached hydrogens (primary N) is 1. The number of hydrazine groups is 1. The summed E-state index contributed by atoms with van der Waals surface area (Å²) in [7, 11) is 0. The first-order valence-electron chi connectivity index (χ1n) is 6.81. The molecule has 1 atom stereocenters. The van der Waals surface area contributed by atoms with Crippen molar-refractivity contribution in [2.45, 2.75) is 19.9 Å². The van der Waals surface area contributed by atoms with Gasteiger partial charge in [-0.2, -0.15) is 0 Å². The second kappa shape index (κ2) is 5.56. The van der Waals surface area contributed by atoms with Crippen LogP contribution in [0.15, 0.2) is 42.5 Å². The number of benzene rings is 2. The average molecular weight is 300 g/mol. The molecule has 3 N–H and O–H groups in total. The highest BCUT2D eigenvalue weighted by Gasteiger charge is 2.17. The van der Waals surface area contributed by atoms with Crippen LogP contribution in [-0.2, 0) is 0 Å². The normalized spacial score (nSPS) is 12.8. The number of hydrogen-bond acceptors (Lipinski definition) is 3. The molecule has 108 valence electrons. The summed E-state index contributed by atoms with van der Waals surface area (Å²) in [5.41, 5.74) is 6.46. The number of fused-ring (bicyclic) bond motifs is 1. The Morgan fingerprint density at radius 1 is 1.10 bits per heavy atom. The van der Waals surface area contributed by atoms with E-state index in [-0.39, 0.29) is 11.9 Å². The molecule has 1 heterocycles. The molecule has 0 saturated carbocycles. The molecule has 0 fully saturated rings. The summed E-state index contributed by atoms with van der Waals surface area (Å²) in [6, 6.07) is 13.1. The highest BCUT2D eigenvalue weighted by atomic mass is 32.1. The molecule has 4 heteroatoms. The van der Waals surface area contributed by atoms with Crippen LogP contribution in [0.4, 0.5) is 4.39 Å². The van der Waals surface area contributed by atoms with Crippen molar-refractivity contribution in [2.75, 3.05) is 0 Å². The maximum absolute atomic E-state index is 13.3. The lowest BCUT2D eigenvalue weighted by atomic mass is 9.98. The van der Waals surface area contributed by atoms with Crippen molar-refractivity contribution < 1.29 is 4.39 Å². The summed E-state index contributed by atoms with van der Waals surface area (Å²) >= 11 is 1.64. The molecule has 0 saturated heterocycles. The molecule has 0 spiro atoms. The summed E-state index contributed by atoms with van der Waals surface area (Å²) in [4.78, 5) is 1.09. The van der Waals surface area contributed by atoms with Gasteiger partial charge in [-0.1, -0.05) is 23.8 Å². The zero-order chi connectivity index (χ0) is 15.0. The minimum Gasteiger partial charge on any atom is -0.271 e. The molecule has 0 bridgehead atoms. The topological polar surface area (TPSA) is 38.0 Å². The van der Waals surface area contributed by atoms with Crippen LogP contribution in [-0.4, -0.2) is 0 Å². The molecular weight excluding hydrogens is 283 g/mol. The Morgan fingerprint density at radius 3 is 2.62 bits per heavy atom. The fourth-order valence-electron chi connectivity index (χ4n) is 2.65. The molecule has 2 nitrogen and oxygen atoms in total. The second-order valence-corrected chi connectivity index (χ2v) is 6.41. The molecule has 0 radical (unpaired) electrons. The van der Waals surface area contributed by atoms with E-state index in [4.69, 9.17) is 5.84 Å². The van der Waals surface area contributed by atoms with Crippen LogP contribution >= 0.6 is 11.3 Å². The zero-order valence-electron chi connectivity index (χ0n) is 12.0. The van der Waals surface area contributed by atoms with E-state index in [0.29, 0.717) is 0 Å². The number of rotatable bonds is 3. The van der Waals surface area contributed by atoms with Gasteiger partial charge in [-0.3, -0.25) is 5.84 Å². The summed E-state index contributed by atoms with van der Waals surface area (Å²) < 4.78 is 14.4. The van der Waals surface area contributed by atoms with Crippen LogP contribution in [0, 0.1) is 19.7 Å². The Labute approximate surface area is 127 Å². The molecule has 0 aliphatic carbocycles. The van der Waals surface area contributed by atoms with Gasteiger partial charge in [0.25, 0.3) is 0 Å². The molecule has 1 unspecified atom stereocenters. The maximum atomic E-state index is 13.3. The van der Waals surface area contributed by atoms with Gasteiger partial charge in [0.1, 0.15) is 5.82 Å². The van der Waals surface area contributed by atoms with Gasteiger partial charge in [-0.15, -0.1) is 11.3 Å². The van der Waals surface area contributed by atoms with Crippen molar-refractivity contribution in [1.82, 2.24) is 5.43 Å². The first kappa shape index (κ1) is 14.2. The van der Waals surface area contributed by atoms with Crippen LogP contribution in [0.2, 0.25) is 0 Å². The Kier molecular flexibility index (Phi) is 3.76. The van der Waals surface area contributed by atoms with Crippen molar-refractivity contribution in [1.29, 1.82) is 0 Å². The summed E-state index contributed by atoms with van der Waals surface area (Å²) in [5, 5.41) is 0.917. The number of nitrogens with one attached hydrogen (secondary N) is 1. The molecular formula is C17H17FN2S. The Balaban J connectivity index is 2.09. The van der Waals surface area contributed by atoms with Gasteiger partial charge in [0.15, 0.2) is 0 Å². The van der Waals surface area contributed by atoms with Gasteiger partial charge in [0, 0.05) is 9.58 Å². The molecule has 0 aliphatic heterocycles. The lowest BCUT2D eigenvalue weighted by Gasteiger charge is -2.17. The van der Waals surface area contributed by atoms with Crippen LogP contribution in [0.3, 0.4) is 0 Å². The fraction of sp³-hybridized carbons (Fsp3) is 0.176. The van der Waals surface area contributed by atoms with E-state index in [1.165, 1.54) is 17.2 Å². The highest BCUT2D eigenvalue weighted by Crippen LogP contribution is 2.34. The highest BCUT2D eigenvalue weighted by molar-refractivity contribution is 7.19. The standard InChI is InChI=1S/C17H17FN2S/c1-10-3-5-14(11(2)7-10)17(20-19)16-9-12-8-13(18)4-6-15(12)21-16/h3-9,17,20H,19H2,1-2H3. The van der Waals surface area contributed by atoms with Gasteiger partial charge in [-0.05, 0) is 54.6 Å². The smallest absolute Gasteiger partial charge is 0.123 e. The lowest BCUT2D eigenvalue weighted by molar-refractivity contribution is 0.629. The Bertz CT molecular complexity index is 795. The van der Waals surface area contributed by atoms with Gasteiger partial charge in [-0.25, -0.2) is 9.82 Å². The Morgan fingerprint density at radius 2 is 1.90 bits per heavy atom. The van der Waals surface area contributed by atoms with E-state index < -0.39 is 0 Å². The predicted molar refractivity (Wildman–Crippen MR) is 86.9 cm³/mol. The van der Waals surface area contributed by atoms with Crippen molar-refractivity contribution in [3.8, 4) is 0 Å². The lowest BCUT2D eigenvalue weighted by Crippen LogP contribution is -2.28. The van der Waals surface area contributed by atoms with E-state index >= 15 is 0 Å². The van der Waals surface area contributed by atoms with Crippen LogP contribution in [0.1, 0.15) is 27.6 Å². The summed E-state index contributed by atoms with van der Waals surface area (Å²) in [6.45, 7) is 4.16. The van der Waals surface area contributed by atoms with Crippen molar-refractivity contribution >= 4 is 21.4 Å². The van der Waals surface area contributed by atoms with Gasteiger partial charge >= 0.3 is 0 Å². The molecule has 21 heavy (non-hydrogen) atoms. The number of halogens is 1. The third-order valence-corrected chi connectivity index (χ3v) is 4.87. The van der Waals surface area contributed by atoms with E-state index in [0.717, 1.165) is 20.5 Å². The maximum Gasteiger partial charge on any atom is 0.123 e.